The maximum atomic E-state index is 14.3. The molecule has 0 atom stereocenters. The normalized spacial score (nSPS) is 15.9. The Balaban J connectivity index is 1.11. The van der Waals surface area contributed by atoms with Crippen LogP contribution in [0.2, 0.25) is 0 Å². The molecular weight excluding hydrogens is 873 g/mol. The largest absolute Gasteiger partial charge is 0.313 e. The van der Waals surface area contributed by atoms with E-state index in [0.717, 1.165) is 40.8 Å². The molecule has 0 fully saturated rings. The van der Waals surface area contributed by atoms with Gasteiger partial charge in [0, 0.05) is 43.1 Å². The van der Waals surface area contributed by atoms with Crippen molar-refractivity contribution in [3.63, 3.8) is 0 Å². The van der Waals surface area contributed by atoms with E-state index in [1.54, 1.807) is 12.1 Å². The van der Waals surface area contributed by atoms with Gasteiger partial charge in [-0.25, -0.2) is 8.42 Å². The van der Waals surface area contributed by atoms with Crippen molar-refractivity contribution in [3.05, 3.63) is 229 Å². The summed E-state index contributed by atoms with van der Waals surface area (Å²) in [6.07, 6.45) is 4.25. The molecule has 14 rings (SSSR count). The molecule has 1 aliphatic carbocycles. The summed E-state index contributed by atoms with van der Waals surface area (Å²) < 4.78 is 31.2. The Morgan fingerprint density at radius 3 is 1.93 bits per heavy atom. The summed E-state index contributed by atoms with van der Waals surface area (Å²) in [7, 11) is -6.96. The number of hydrogen-bond donors (Lipinski definition) is 0. The predicted octanol–water partition coefficient (Wildman–Crippen LogP) is 13.3. The molecule has 9 aromatic carbocycles. The van der Waals surface area contributed by atoms with Crippen molar-refractivity contribution in [3.8, 4) is 22.3 Å². The van der Waals surface area contributed by atoms with E-state index in [0.29, 0.717) is 9.79 Å². The van der Waals surface area contributed by atoms with Crippen molar-refractivity contribution in [1.82, 2.24) is 4.57 Å². The molecule has 318 valence electrons. The Bertz CT molecular complexity index is 3880. The number of aromatic nitrogens is 1. The van der Waals surface area contributed by atoms with Gasteiger partial charge in [-0.05, 0) is 110 Å². The summed E-state index contributed by atoms with van der Waals surface area (Å²) in [5.41, 5.74) is 13.4. The standard InChI is InChI=1S/C60H40N2O2S2Si/c63-66(64)56-35-15-11-26-47(56)58-43(27-18-36-57(58)66)44-28-16-29-45-46-30-17-33-51(60(46)67(59(44)45,40-21-6-2-7-22-40)41-23-8-3-9-24-41)62-49-31-12-10-25-42(49)48-37-53-55(38-52(48)62)65-54-34-14-13-32-50(54)61(53)39-19-4-1-5-20-39/h1-16,18-32,34-38H,17,33H2. The Kier molecular flexibility index (Phi) is 8.42. The molecule has 7 heteroatoms. The third-order valence-corrected chi connectivity index (χ3v) is 22.4. The first-order chi connectivity index (χ1) is 33.0. The monoisotopic (exact) mass is 912 g/mol. The number of benzene rings is 9. The highest BCUT2D eigenvalue weighted by molar-refractivity contribution is 7.99. The minimum absolute atomic E-state index is 0.378. The van der Waals surface area contributed by atoms with Crippen LogP contribution in [0.4, 0.5) is 17.1 Å². The fourth-order valence-electron chi connectivity index (χ4n) is 11.9. The molecule has 0 spiro atoms. The molecule has 0 unspecified atom stereocenters. The van der Waals surface area contributed by atoms with E-state index in [9.17, 15) is 8.42 Å². The van der Waals surface area contributed by atoms with E-state index in [1.807, 2.05) is 36.0 Å². The van der Waals surface area contributed by atoms with Crippen molar-refractivity contribution in [1.29, 1.82) is 0 Å². The maximum Gasteiger partial charge on any atom is 0.207 e. The highest BCUT2D eigenvalue weighted by Gasteiger charge is 2.54. The minimum Gasteiger partial charge on any atom is -0.313 e. The topological polar surface area (TPSA) is 42.3 Å². The van der Waals surface area contributed by atoms with Crippen LogP contribution in [0.3, 0.4) is 0 Å². The van der Waals surface area contributed by atoms with Gasteiger partial charge in [-0.3, -0.25) is 0 Å². The van der Waals surface area contributed by atoms with Gasteiger partial charge in [0.1, 0.15) is 0 Å². The number of hydrogen-bond acceptors (Lipinski definition) is 4. The predicted molar refractivity (Wildman–Crippen MR) is 279 cm³/mol. The lowest BCUT2D eigenvalue weighted by molar-refractivity contribution is 0.598. The molecular formula is C60H40N2O2S2Si. The smallest absolute Gasteiger partial charge is 0.207 e. The summed E-state index contributed by atoms with van der Waals surface area (Å²) in [4.78, 5) is 5.63. The Hall–Kier alpha value is -7.42. The van der Waals surface area contributed by atoms with E-state index in [1.165, 1.54) is 80.6 Å². The lowest BCUT2D eigenvalue weighted by atomic mass is 9.91. The molecule has 0 bridgehead atoms. The van der Waals surface area contributed by atoms with E-state index < -0.39 is 17.9 Å². The molecule has 4 heterocycles. The van der Waals surface area contributed by atoms with Crippen molar-refractivity contribution >= 4 is 95.4 Å². The second-order valence-corrected chi connectivity index (χ2v) is 24.4. The fourth-order valence-corrected chi connectivity index (χ4v) is 20.4. The van der Waals surface area contributed by atoms with Crippen LogP contribution in [0.1, 0.15) is 18.4 Å². The number of anilines is 3. The molecule has 0 N–H and O–H groups in total. The Morgan fingerprint density at radius 2 is 1.12 bits per heavy atom. The van der Waals surface area contributed by atoms with Crippen molar-refractivity contribution < 1.29 is 8.42 Å². The molecule has 0 amide bonds. The summed E-state index contributed by atoms with van der Waals surface area (Å²) in [6.45, 7) is 0. The lowest BCUT2D eigenvalue weighted by Gasteiger charge is -2.36. The van der Waals surface area contributed by atoms with Gasteiger partial charge in [-0.15, -0.1) is 0 Å². The second kappa shape index (κ2) is 14.5. The Morgan fingerprint density at radius 1 is 0.493 bits per heavy atom. The van der Waals surface area contributed by atoms with Crippen LogP contribution in [-0.2, 0) is 9.84 Å². The molecule has 1 aromatic heterocycles. The molecule has 3 aliphatic heterocycles. The van der Waals surface area contributed by atoms with Gasteiger partial charge < -0.3 is 9.47 Å². The van der Waals surface area contributed by atoms with Crippen LogP contribution in [0.15, 0.2) is 243 Å². The van der Waals surface area contributed by atoms with E-state index in [-0.39, 0.29) is 0 Å². The zero-order valence-electron chi connectivity index (χ0n) is 36.2. The van der Waals surface area contributed by atoms with Crippen molar-refractivity contribution in [2.24, 2.45) is 0 Å². The zero-order chi connectivity index (χ0) is 44.4. The lowest BCUT2D eigenvalue weighted by Crippen LogP contribution is -2.67. The third kappa shape index (κ3) is 5.33. The van der Waals surface area contributed by atoms with Crippen LogP contribution in [-0.4, -0.2) is 21.1 Å². The van der Waals surface area contributed by atoms with Gasteiger partial charge >= 0.3 is 0 Å². The van der Waals surface area contributed by atoms with Crippen LogP contribution < -0.4 is 20.5 Å². The van der Waals surface area contributed by atoms with Gasteiger partial charge in [0.15, 0.2) is 8.07 Å². The van der Waals surface area contributed by atoms with Gasteiger partial charge in [0.05, 0.1) is 32.2 Å². The molecule has 67 heavy (non-hydrogen) atoms. The highest BCUT2D eigenvalue weighted by Crippen LogP contribution is 2.55. The van der Waals surface area contributed by atoms with E-state index >= 15 is 0 Å². The quantitative estimate of drug-likeness (QED) is 0.161. The molecule has 0 saturated heterocycles. The van der Waals surface area contributed by atoms with Gasteiger partial charge in [0.25, 0.3) is 0 Å². The van der Waals surface area contributed by atoms with Gasteiger partial charge in [-0.2, -0.15) is 0 Å². The molecule has 4 aliphatic rings. The molecule has 0 radical (unpaired) electrons. The average Bonchev–Trinajstić information content (AvgIpc) is 3.97. The van der Waals surface area contributed by atoms with Crippen molar-refractivity contribution in [2.75, 3.05) is 4.90 Å². The number of nitrogens with zero attached hydrogens (tertiary/aromatic N) is 2. The van der Waals surface area contributed by atoms with Crippen LogP contribution in [0.5, 0.6) is 0 Å². The number of sulfone groups is 1. The van der Waals surface area contributed by atoms with Crippen LogP contribution >= 0.6 is 11.8 Å². The Labute approximate surface area is 394 Å². The number of fused-ring (bicyclic) bond motifs is 11. The minimum atomic E-state index is -3.70. The molecule has 4 nitrogen and oxygen atoms in total. The first-order valence-electron chi connectivity index (χ1n) is 22.9. The van der Waals surface area contributed by atoms with Crippen molar-refractivity contribution in [2.45, 2.75) is 32.4 Å². The summed E-state index contributed by atoms with van der Waals surface area (Å²) in [5.74, 6) is 0. The van der Waals surface area contributed by atoms with Crippen LogP contribution in [0.25, 0.3) is 55.3 Å². The average molecular weight is 913 g/mol. The van der Waals surface area contributed by atoms with Gasteiger partial charge in [-0.1, -0.05) is 176 Å². The first kappa shape index (κ1) is 38.8. The highest BCUT2D eigenvalue weighted by atomic mass is 32.2. The number of allylic oxidation sites excluding steroid dienone is 4. The maximum absolute atomic E-state index is 14.3. The van der Waals surface area contributed by atoms with Gasteiger partial charge in [0.2, 0.25) is 9.84 Å². The second-order valence-electron chi connectivity index (χ2n) is 17.8. The molecule has 0 saturated carbocycles. The summed E-state index contributed by atoms with van der Waals surface area (Å²) in [6, 6.07) is 76.0. The summed E-state index contributed by atoms with van der Waals surface area (Å²) in [5, 5.41) is 7.77. The zero-order valence-corrected chi connectivity index (χ0v) is 38.9. The third-order valence-electron chi connectivity index (χ3n) is 14.5. The first-order valence-corrected chi connectivity index (χ1v) is 27.2. The number of para-hydroxylation sites is 3. The van der Waals surface area contributed by atoms with Crippen LogP contribution in [0, 0.1) is 0 Å². The van der Waals surface area contributed by atoms with E-state index in [4.69, 9.17) is 0 Å². The summed E-state index contributed by atoms with van der Waals surface area (Å²) >= 11 is 1.85. The molecule has 10 aromatic rings. The fraction of sp³-hybridized carbons (Fsp3) is 0.0333. The van der Waals surface area contributed by atoms with E-state index in [2.05, 4.69) is 191 Å². The number of rotatable bonds is 5. The SMILES string of the molecule is O=S1(=O)c2ccccc2-c2c(-c3cccc4c3[Si](c3ccccc3)(c3ccccc3)C3=C(n5c6ccccc6c6cc7c(cc65)Sc5ccccc5N7c5ccccc5)CCC=C34)cccc21.